The van der Waals surface area contributed by atoms with Crippen LogP contribution in [0.2, 0.25) is 0 Å². The number of hydrogen-bond donors (Lipinski definition) is 0. The molecule has 3 rings (SSSR count). The molecule has 1 aliphatic heterocycles. The number of aromatic nitrogens is 2. The van der Waals surface area contributed by atoms with Crippen LogP contribution < -0.4 is 4.90 Å². The Kier molecular flexibility index (Phi) is 4.73. The fourth-order valence-corrected chi connectivity index (χ4v) is 2.40. The highest BCUT2D eigenvalue weighted by Gasteiger charge is 2.33. The number of aliphatic imine (C=N–C) groups is 1. The van der Waals surface area contributed by atoms with Crippen molar-refractivity contribution in [2.75, 3.05) is 11.6 Å². The highest BCUT2D eigenvalue weighted by atomic mass is 19.4. The average Bonchev–Trinajstić information content (AvgIpc) is 2.67. The maximum Gasteiger partial charge on any atom is 0.433 e. The first-order valence-electron chi connectivity index (χ1n) is 7.48. The molecule has 13 heteroatoms. The Morgan fingerprint density at radius 3 is 2.50 bits per heavy atom. The number of nitro groups is 2. The smallest absolute Gasteiger partial charge is 0.296 e. The molecule has 144 valence electrons. The van der Waals surface area contributed by atoms with Crippen molar-refractivity contribution in [3.63, 3.8) is 0 Å². The van der Waals surface area contributed by atoms with Crippen molar-refractivity contribution in [1.82, 2.24) is 9.97 Å². The number of benzene rings is 1. The van der Waals surface area contributed by atoms with Crippen LogP contribution in [-0.2, 0) is 6.18 Å². The summed E-state index contributed by atoms with van der Waals surface area (Å²) in [5.41, 5.74) is -1.99. The molecule has 0 unspecified atom stereocenters. The molecule has 2 heterocycles. The SMILES string of the molecule is O=[N+]([O-])c1ccc(C2=CN(c3nccc(C(F)(F)F)n3)CN=C2)c([N+](=O)[O-])c1. The van der Waals surface area contributed by atoms with E-state index < -0.39 is 33.1 Å². The summed E-state index contributed by atoms with van der Waals surface area (Å²) in [6.45, 7) is -0.106. The van der Waals surface area contributed by atoms with Crippen LogP contribution in [-0.4, -0.2) is 32.7 Å². The molecule has 1 aromatic heterocycles. The van der Waals surface area contributed by atoms with Gasteiger partial charge in [-0.1, -0.05) is 0 Å². The van der Waals surface area contributed by atoms with Crippen molar-refractivity contribution >= 4 is 29.1 Å². The van der Waals surface area contributed by atoms with E-state index in [0.717, 1.165) is 18.3 Å². The Hall–Kier alpha value is -3.90. The Balaban J connectivity index is 2.03. The van der Waals surface area contributed by atoms with Crippen molar-refractivity contribution in [1.29, 1.82) is 0 Å². The third kappa shape index (κ3) is 3.77. The molecule has 0 saturated carbocycles. The minimum Gasteiger partial charge on any atom is -0.296 e. The lowest BCUT2D eigenvalue weighted by Gasteiger charge is -2.21. The zero-order valence-electron chi connectivity index (χ0n) is 13.7. The normalized spacial score (nSPS) is 14.0. The molecule has 1 aliphatic rings. The maximum absolute atomic E-state index is 12.8. The molecule has 0 spiro atoms. The van der Waals surface area contributed by atoms with Gasteiger partial charge in [-0.2, -0.15) is 13.2 Å². The lowest BCUT2D eigenvalue weighted by molar-refractivity contribution is -0.394. The summed E-state index contributed by atoms with van der Waals surface area (Å²) in [6, 6.07) is 3.76. The van der Waals surface area contributed by atoms with Gasteiger partial charge in [-0.15, -0.1) is 0 Å². The van der Waals surface area contributed by atoms with E-state index in [1.807, 2.05) is 0 Å². The van der Waals surface area contributed by atoms with Gasteiger partial charge in [0.1, 0.15) is 12.4 Å². The van der Waals surface area contributed by atoms with Gasteiger partial charge in [0.25, 0.3) is 11.4 Å². The highest BCUT2D eigenvalue weighted by Crippen LogP contribution is 2.32. The molecule has 10 nitrogen and oxygen atoms in total. The van der Waals surface area contributed by atoms with Gasteiger partial charge in [0.15, 0.2) is 0 Å². The summed E-state index contributed by atoms with van der Waals surface area (Å²) in [6.07, 6.45) is -1.17. The summed E-state index contributed by atoms with van der Waals surface area (Å²) >= 11 is 0. The first-order valence-corrected chi connectivity index (χ1v) is 7.48. The van der Waals surface area contributed by atoms with Crippen LogP contribution in [0.3, 0.4) is 0 Å². The summed E-state index contributed by atoms with van der Waals surface area (Å²) in [7, 11) is 0. The molecule has 0 N–H and O–H groups in total. The number of nitrogens with zero attached hydrogens (tertiary/aromatic N) is 6. The number of hydrogen-bond acceptors (Lipinski definition) is 8. The minimum atomic E-state index is -4.67. The zero-order chi connectivity index (χ0) is 20.5. The van der Waals surface area contributed by atoms with E-state index in [1.165, 1.54) is 23.4 Å². The summed E-state index contributed by atoms with van der Waals surface area (Å²) in [4.78, 5) is 32.9. The monoisotopic (exact) mass is 394 g/mol. The molecule has 0 atom stereocenters. The quantitative estimate of drug-likeness (QED) is 0.575. The number of non-ortho nitro benzene ring substituents is 1. The molecule has 0 fully saturated rings. The molecular weight excluding hydrogens is 385 g/mol. The third-order valence-corrected chi connectivity index (χ3v) is 3.65. The second-order valence-corrected chi connectivity index (χ2v) is 5.46. The van der Waals surface area contributed by atoms with Crippen LogP contribution in [0.5, 0.6) is 0 Å². The largest absolute Gasteiger partial charge is 0.433 e. The van der Waals surface area contributed by atoms with E-state index in [-0.39, 0.29) is 23.8 Å². The summed E-state index contributed by atoms with van der Waals surface area (Å²) in [5, 5.41) is 22.1. The Morgan fingerprint density at radius 1 is 1.11 bits per heavy atom. The van der Waals surface area contributed by atoms with E-state index in [4.69, 9.17) is 0 Å². The average molecular weight is 394 g/mol. The summed E-state index contributed by atoms with van der Waals surface area (Å²) < 4.78 is 38.5. The van der Waals surface area contributed by atoms with Crippen molar-refractivity contribution < 1.29 is 23.0 Å². The predicted octanol–water partition coefficient (Wildman–Crippen LogP) is 3.20. The van der Waals surface area contributed by atoms with Gasteiger partial charge >= 0.3 is 6.18 Å². The van der Waals surface area contributed by atoms with Crippen LogP contribution in [0.1, 0.15) is 11.3 Å². The molecule has 0 bridgehead atoms. The van der Waals surface area contributed by atoms with Crippen molar-refractivity contribution in [3.05, 3.63) is 68.1 Å². The molecule has 1 aromatic carbocycles. The zero-order valence-corrected chi connectivity index (χ0v) is 13.7. The lowest BCUT2D eigenvalue weighted by Crippen LogP contribution is -2.24. The number of rotatable bonds is 4. The fourth-order valence-electron chi connectivity index (χ4n) is 2.40. The molecule has 28 heavy (non-hydrogen) atoms. The molecule has 0 amide bonds. The van der Waals surface area contributed by atoms with Crippen LogP contribution in [0.15, 0.2) is 41.7 Å². The Morgan fingerprint density at radius 2 is 1.86 bits per heavy atom. The van der Waals surface area contributed by atoms with Crippen LogP contribution in [0, 0.1) is 20.2 Å². The molecule has 0 aliphatic carbocycles. The van der Waals surface area contributed by atoms with E-state index in [1.54, 1.807) is 0 Å². The van der Waals surface area contributed by atoms with Crippen molar-refractivity contribution in [3.8, 4) is 0 Å². The van der Waals surface area contributed by atoms with Gasteiger partial charge in [-0.3, -0.25) is 30.1 Å². The number of anilines is 1. The predicted molar refractivity (Wildman–Crippen MR) is 90.6 cm³/mol. The third-order valence-electron chi connectivity index (χ3n) is 3.65. The van der Waals surface area contributed by atoms with Gasteiger partial charge in [-0.25, -0.2) is 9.97 Å². The van der Waals surface area contributed by atoms with E-state index >= 15 is 0 Å². The number of halogens is 3. The van der Waals surface area contributed by atoms with E-state index in [0.29, 0.717) is 6.07 Å². The molecule has 0 radical (unpaired) electrons. The highest BCUT2D eigenvalue weighted by molar-refractivity contribution is 6.12. The lowest BCUT2D eigenvalue weighted by atomic mass is 10.0. The van der Waals surface area contributed by atoms with Gasteiger partial charge in [0.05, 0.1) is 21.5 Å². The number of nitro benzene ring substituents is 2. The van der Waals surface area contributed by atoms with E-state index in [9.17, 15) is 33.4 Å². The van der Waals surface area contributed by atoms with E-state index in [2.05, 4.69) is 15.0 Å². The fraction of sp³-hybridized carbons (Fsp3) is 0.133. The van der Waals surface area contributed by atoms with Crippen molar-refractivity contribution in [2.45, 2.75) is 6.18 Å². The maximum atomic E-state index is 12.8. The minimum absolute atomic E-state index is 0.0102. The van der Waals surface area contributed by atoms with Crippen LogP contribution in [0.25, 0.3) is 5.57 Å². The van der Waals surface area contributed by atoms with Crippen LogP contribution in [0.4, 0.5) is 30.5 Å². The van der Waals surface area contributed by atoms with Crippen LogP contribution >= 0.6 is 0 Å². The first kappa shape index (κ1) is 18.9. The molecular formula is C15H9F3N6O4. The topological polar surface area (TPSA) is 128 Å². The summed E-state index contributed by atoms with van der Waals surface area (Å²) in [5.74, 6) is -0.297. The second kappa shape index (κ2) is 7.02. The molecule has 0 saturated heterocycles. The number of alkyl halides is 3. The Bertz CT molecular complexity index is 1020. The van der Waals surface area contributed by atoms with Gasteiger partial charge in [0, 0.05) is 30.3 Å². The Labute approximate surface area is 154 Å². The second-order valence-electron chi connectivity index (χ2n) is 5.46. The number of allylic oxidation sites excluding steroid dienone is 1. The standard InChI is InChI=1S/C15H9F3N6O4/c16-15(17,18)13-3-4-20-14(21-13)22-7-9(6-19-8-22)11-2-1-10(23(25)26)5-12(11)24(27)28/h1-7H,8H2. The van der Waals surface area contributed by atoms with Gasteiger partial charge in [-0.05, 0) is 12.1 Å². The van der Waals surface area contributed by atoms with Gasteiger partial charge in [0.2, 0.25) is 5.95 Å². The molecule has 2 aromatic rings. The van der Waals surface area contributed by atoms with Gasteiger partial charge < -0.3 is 0 Å². The first-order chi connectivity index (χ1) is 13.2. The van der Waals surface area contributed by atoms with Crippen molar-refractivity contribution in [2.24, 2.45) is 4.99 Å².